The van der Waals surface area contributed by atoms with Gasteiger partial charge in [-0.1, -0.05) is 66.7 Å². The van der Waals surface area contributed by atoms with Crippen LogP contribution in [0.25, 0.3) is 44.8 Å². The summed E-state index contributed by atoms with van der Waals surface area (Å²) < 4.78 is 0. The Bertz CT molecular complexity index is 1560. The molecule has 0 N–H and O–H groups in total. The van der Waals surface area contributed by atoms with Gasteiger partial charge in [0.25, 0.3) is 0 Å². The smallest absolute Gasteiger partial charge is 0.0160 e. The molecule has 0 fully saturated rings. The molecule has 0 aliphatic rings. The minimum atomic E-state index is 0. The van der Waals surface area contributed by atoms with E-state index in [1.165, 1.54) is 33.4 Å². The average molecular weight is 681 g/mol. The van der Waals surface area contributed by atoms with E-state index in [-0.39, 0.29) is 20.1 Å². The van der Waals surface area contributed by atoms with Gasteiger partial charge in [-0.25, -0.2) is 0 Å². The van der Waals surface area contributed by atoms with E-state index >= 15 is 0 Å². The second kappa shape index (κ2) is 13.6. The van der Waals surface area contributed by atoms with Gasteiger partial charge in [0.05, 0.1) is 0 Å². The molecule has 193 valence electrons. The molecule has 3 heteroatoms. The molecular weight excluding hydrogens is 653 g/mol. The number of nitrogens with zero attached hydrogens (tertiary/aromatic N) is 2. The van der Waals surface area contributed by atoms with Gasteiger partial charge in [0, 0.05) is 32.5 Å². The molecule has 1 radical (unpaired) electrons. The van der Waals surface area contributed by atoms with Gasteiger partial charge >= 0.3 is 0 Å². The summed E-state index contributed by atoms with van der Waals surface area (Å²) in [6.45, 7) is 4.36. The van der Waals surface area contributed by atoms with Crippen LogP contribution in [-0.4, -0.2) is 9.97 Å². The normalized spacial score (nSPS) is 10.1. The van der Waals surface area contributed by atoms with Crippen molar-refractivity contribution >= 4 is 0 Å². The van der Waals surface area contributed by atoms with Gasteiger partial charge in [-0.05, 0) is 65.2 Å². The molecule has 2 heterocycles. The van der Waals surface area contributed by atoms with E-state index in [4.69, 9.17) is 0 Å². The number of aryl methyl sites for hydroxylation is 2. The average Bonchev–Trinajstić information content (AvgIpc) is 2.99. The van der Waals surface area contributed by atoms with Gasteiger partial charge in [-0.15, -0.1) is 71.3 Å². The Hall–Kier alpha value is -4.17. The van der Waals surface area contributed by atoms with Crippen molar-refractivity contribution < 1.29 is 20.1 Å². The van der Waals surface area contributed by atoms with E-state index in [1.807, 2.05) is 72.9 Å². The number of pyridine rings is 2. The van der Waals surface area contributed by atoms with Crippen LogP contribution in [0.15, 0.2) is 134 Å². The fourth-order valence-electron chi connectivity index (χ4n) is 4.57. The monoisotopic (exact) mass is 681 g/mol. The van der Waals surface area contributed by atoms with Crippen molar-refractivity contribution in [2.75, 3.05) is 0 Å². The van der Waals surface area contributed by atoms with Gasteiger partial charge in [-0.2, -0.15) is 0 Å². The minimum Gasteiger partial charge on any atom is -0.305 e. The molecule has 0 spiro atoms. The molecule has 0 saturated carbocycles. The van der Waals surface area contributed by atoms with Gasteiger partial charge in [-0.3, -0.25) is 0 Å². The summed E-state index contributed by atoms with van der Waals surface area (Å²) >= 11 is 0. The third-order valence-electron chi connectivity index (χ3n) is 6.38. The molecule has 39 heavy (non-hydrogen) atoms. The zero-order valence-electron chi connectivity index (χ0n) is 21.9. The van der Waals surface area contributed by atoms with Crippen molar-refractivity contribution in [3.8, 4) is 44.8 Å². The van der Waals surface area contributed by atoms with Crippen LogP contribution in [-0.2, 0) is 20.1 Å². The van der Waals surface area contributed by atoms with Gasteiger partial charge < -0.3 is 9.97 Å². The number of hydrogen-bond acceptors (Lipinski definition) is 2. The second-order valence-electron chi connectivity index (χ2n) is 9.01. The van der Waals surface area contributed by atoms with Crippen LogP contribution < -0.4 is 0 Å². The van der Waals surface area contributed by atoms with Crippen molar-refractivity contribution in [3.05, 3.63) is 157 Å². The molecule has 0 amide bonds. The summed E-state index contributed by atoms with van der Waals surface area (Å²) in [7, 11) is 0. The molecule has 0 bridgehead atoms. The van der Waals surface area contributed by atoms with E-state index in [2.05, 4.69) is 90.5 Å². The molecule has 6 aromatic rings. The van der Waals surface area contributed by atoms with Crippen LogP contribution >= 0.6 is 0 Å². The Balaban J connectivity index is 0.000000228. The van der Waals surface area contributed by atoms with E-state index in [0.29, 0.717) is 0 Å². The van der Waals surface area contributed by atoms with Crippen LogP contribution in [0.4, 0.5) is 0 Å². The second-order valence-corrected chi connectivity index (χ2v) is 9.01. The summed E-state index contributed by atoms with van der Waals surface area (Å²) in [6, 6.07) is 47.5. The minimum absolute atomic E-state index is 0. The van der Waals surface area contributed by atoms with Crippen LogP contribution in [0.2, 0.25) is 0 Å². The van der Waals surface area contributed by atoms with Gasteiger partial charge in [0.15, 0.2) is 0 Å². The third kappa shape index (κ3) is 6.83. The summed E-state index contributed by atoms with van der Waals surface area (Å²) in [4.78, 5) is 8.68. The zero-order chi connectivity index (χ0) is 26.2. The molecule has 0 aliphatic carbocycles. The Labute approximate surface area is 244 Å². The van der Waals surface area contributed by atoms with Crippen molar-refractivity contribution in [1.29, 1.82) is 0 Å². The number of hydrogen-bond donors (Lipinski definition) is 0. The van der Waals surface area contributed by atoms with Gasteiger partial charge in [0.1, 0.15) is 0 Å². The van der Waals surface area contributed by atoms with E-state index < -0.39 is 0 Å². The Morgan fingerprint density at radius 1 is 0.513 bits per heavy atom. The maximum Gasteiger partial charge on any atom is 0.0160 e. The topological polar surface area (TPSA) is 25.8 Å². The first-order valence-electron chi connectivity index (χ1n) is 12.7. The van der Waals surface area contributed by atoms with Crippen molar-refractivity contribution in [2.24, 2.45) is 0 Å². The van der Waals surface area contributed by atoms with Crippen LogP contribution in [0.1, 0.15) is 11.1 Å². The van der Waals surface area contributed by atoms with Crippen molar-refractivity contribution in [3.63, 3.8) is 0 Å². The van der Waals surface area contributed by atoms with Crippen LogP contribution in [0.5, 0.6) is 0 Å². The third-order valence-corrected chi connectivity index (χ3v) is 6.38. The van der Waals surface area contributed by atoms with Crippen LogP contribution in [0.3, 0.4) is 0 Å². The Kier molecular flexibility index (Phi) is 9.69. The first kappa shape index (κ1) is 27.9. The molecule has 2 nitrogen and oxygen atoms in total. The molecule has 0 saturated heterocycles. The SMILES string of the molecule is Cc1cccc(C)c1-c1ccccc1-c1cc[c-]c(-c2ccccn2)c1.[Ir].[c-]1ccccc1-c1ccccn1. The first-order chi connectivity index (χ1) is 18.7. The quantitative estimate of drug-likeness (QED) is 0.174. The summed E-state index contributed by atoms with van der Waals surface area (Å²) in [5.74, 6) is 0. The van der Waals surface area contributed by atoms with Crippen LogP contribution in [0, 0.1) is 26.0 Å². The summed E-state index contributed by atoms with van der Waals surface area (Å²) in [5.41, 5.74) is 11.6. The van der Waals surface area contributed by atoms with Crippen molar-refractivity contribution in [2.45, 2.75) is 13.8 Å². The van der Waals surface area contributed by atoms with E-state index in [0.717, 1.165) is 22.5 Å². The fourth-order valence-corrected chi connectivity index (χ4v) is 4.57. The molecule has 0 aliphatic heterocycles. The molecule has 2 aromatic heterocycles. The molecule has 0 atom stereocenters. The number of aromatic nitrogens is 2. The zero-order valence-corrected chi connectivity index (χ0v) is 24.3. The van der Waals surface area contributed by atoms with E-state index in [1.54, 1.807) is 6.20 Å². The molecule has 6 rings (SSSR count). The largest absolute Gasteiger partial charge is 0.305 e. The Morgan fingerprint density at radius 3 is 1.72 bits per heavy atom. The van der Waals surface area contributed by atoms with E-state index in [9.17, 15) is 0 Å². The first-order valence-corrected chi connectivity index (χ1v) is 12.7. The maximum absolute atomic E-state index is 4.46. The summed E-state index contributed by atoms with van der Waals surface area (Å²) in [5, 5.41) is 0. The molecular formula is C36H28IrN2-2. The fraction of sp³-hybridized carbons (Fsp3) is 0.0556. The number of benzene rings is 4. The predicted octanol–water partition coefficient (Wildman–Crippen LogP) is 9.05. The van der Waals surface area contributed by atoms with Crippen molar-refractivity contribution in [1.82, 2.24) is 9.97 Å². The Morgan fingerprint density at radius 2 is 1.10 bits per heavy atom. The predicted molar refractivity (Wildman–Crippen MR) is 157 cm³/mol. The maximum atomic E-state index is 4.46. The number of rotatable bonds is 4. The molecule has 4 aromatic carbocycles. The van der Waals surface area contributed by atoms with Gasteiger partial charge in [0.2, 0.25) is 0 Å². The summed E-state index contributed by atoms with van der Waals surface area (Å²) in [6.07, 6.45) is 3.61. The molecule has 0 unspecified atom stereocenters. The standard InChI is InChI=1S/C25H20N.C11H8N.Ir/c1-18-9-7-10-19(2)25(18)23-14-4-3-13-22(23)20-11-8-12-21(17-20)24-15-5-6-16-26-24;1-2-6-10(7-3-1)11-8-4-5-9-12-11;/h3-11,13-17H,1-2H3;1-6,8-9H;/q2*-1;.